The molecule has 0 N–H and O–H groups in total. The largest absolute Gasteiger partial charge is 0.294 e. The zero-order valence-electron chi connectivity index (χ0n) is 7.40. The van der Waals surface area contributed by atoms with Crippen LogP contribution in [-0.4, -0.2) is 10.7 Å². The van der Waals surface area contributed by atoms with E-state index in [2.05, 4.69) is 0 Å². The number of nitro groups is 1. The summed E-state index contributed by atoms with van der Waals surface area (Å²) in [5.74, 6) is -0.273. The van der Waals surface area contributed by atoms with Crippen LogP contribution in [0.2, 0.25) is 0 Å². The van der Waals surface area contributed by atoms with Crippen molar-refractivity contribution in [2.75, 3.05) is 0 Å². The molecule has 0 aliphatic heterocycles. The molecule has 0 radical (unpaired) electrons. The molecule has 0 bridgehead atoms. The number of aryl methyl sites for hydroxylation is 1. The lowest BCUT2D eigenvalue weighted by Gasteiger charge is -2.01. The molecule has 4 nitrogen and oxygen atoms in total. The highest BCUT2D eigenvalue weighted by atomic mass is 16.6. The predicted octanol–water partition coefficient (Wildman–Crippen LogP) is 2.74. The topological polar surface area (TPSA) is 60.2 Å². The van der Waals surface area contributed by atoms with Crippen LogP contribution in [0.25, 0.3) is 0 Å². The minimum Gasteiger partial charge on any atom is -0.294 e. The lowest BCUT2D eigenvalue weighted by atomic mass is 10.0. The van der Waals surface area contributed by atoms with Gasteiger partial charge in [0.2, 0.25) is 0 Å². The molecule has 0 unspecified atom stereocenters. The van der Waals surface area contributed by atoms with Gasteiger partial charge in [-0.2, -0.15) is 0 Å². The van der Waals surface area contributed by atoms with Crippen LogP contribution < -0.4 is 0 Å². The molecule has 0 atom stereocenters. The van der Waals surface area contributed by atoms with E-state index in [4.69, 9.17) is 0 Å². The van der Waals surface area contributed by atoms with Gasteiger partial charge in [0.15, 0.2) is 5.78 Å². The first-order valence-electron chi connectivity index (χ1n) is 3.79. The van der Waals surface area contributed by atoms with Gasteiger partial charge in [-0.15, -0.1) is 0 Å². The number of ketones is 1. The molecule has 14 heavy (non-hydrogen) atoms. The number of nitro benzene ring substituents is 1. The highest BCUT2D eigenvalue weighted by Gasteiger charge is 2.18. The molecule has 0 amide bonds. The van der Waals surface area contributed by atoms with Gasteiger partial charge in [-0.05, 0) is 19.4 Å². The number of rotatable bonds is 2. The van der Waals surface area contributed by atoms with E-state index in [1.807, 2.05) is 0 Å². The number of hydrogen-bond donors (Lipinski definition) is 0. The van der Waals surface area contributed by atoms with E-state index in [-0.39, 0.29) is 24.5 Å². The molecule has 1 aromatic rings. The lowest BCUT2D eigenvalue weighted by molar-refractivity contribution is -0.385. The van der Waals surface area contributed by atoms with Crippen molar-refractivity contribution in [2.24, 2.45) is 0 Å². The van der Waals surface area contributed by atoms with E-state index in [0.29, 0.717) is 5.56 Å². The van der Waals surface area contributed by atoms with Gasteiger partial charge in [-0.25, -0.2) is 0 Å². The molecule has 0 aliphatic carbocycles. The molecular weight excluding hydrogens is 182 g/mol. The summed E-state index contributed by atoms with van der Waals surface area (Å²) in [4.78, 5) is 21.1. The Bertz CT molecular complexity index is 372. The van der Waals surface area contributed by atoms with Crippen molar-refractivity contribution in [2.45, 2.75) is 21.3 Å². The first-order chi connectivity index (χ1) is 6.04. The fourth-order valence-electron chi connectivity index (χ4n) is 1.26. The van der Waals surface area contributed by atoms with E-state index < -0.39 is 4.92 Å². The molecule has 0 heterocycles. The van der Waals surface area contributed by atoms with E-state index >= 15 is 0 Å². The van der Waals surface area contributed by atoms with Crippen LogP contribution in [0.1, 0.15) is 30.3 Å². The highest BCUT2D eigenvalue weighted by molar-refractivity contribution is 5.99. The number of carbonyl (C=O) groups excluding carboxylic acids is 1. The van der Waals surface area contributed by atoms with Crippen LogP contribution in [0, 0.1) is 17.0 Å². The SMILES string of the molecule is C.CC(=O)c1c(C)cccc1[N+](=O)[O-]. The maximum atomic E-state index is 11.1. The second kappa shape index (κ2) is 4.50. The second-order valence-corrected chi connectivity index (χ2v) is 2.78. The Labute approximate surface area is 82.7 Å². The zero-order valence-corrected chi connectivity index (χ0v) is 7.40. The molecular formula is C10H13NO3. The summed E-state index contributed by atoms with van der Waals surface area (Å²) in [5.41, 5.74) is 0.724. The summed E-state index contributed by atoms with van der Waals surface area (Å²) in [6.45, 7) is 3.01. The summed E-state index contributed by atoms with van der Waals surface area (Å²) < 4.78 is 0. The summed E-state index contributed by atoms with van der Waals surface area (Å²) >= 11 is 0. The normalized spacial score (nSPS) is 9.00. The highest BCUT2D eigenvalue weighted by Crippen LogP contribution is 2.21. The Kier molecular flexibility index (Phi) is 3.95. The average Bonchev–Trinajstić information content (AvgIpc) is 2.02. The minimum atomic E-state index is -0.538. The van der Waals surface area contributed by atoms with Crippen LogP contribution in [0.3, 0.4) is 0 Å². The third-order valence-electron chi connectivity index (χ3n) is 1.80. The van der Waals surface area contributed by atoms with E-state index in [0.717, 1.165) is 0 Å². The molecule has 0 aliphatic rings. The number of carbonyl (C=O) groups is 1. The van der Waals surface area contributed by atoms with Gasteiger partial charge >= 0.3 is 0 Å². The summed E-state index contributed by atoms with van der Waals surface area (Å²) in [6, 6.07) is 4.59. The van der Waals surface area contributed by atoms with Gasteiger partial charge in [0.1, 0.15) is 0 Å². The van der Waals surface area contributed by atoms with Crippen LogP contribution in [0.5, 0.6) is 0 Å². The van der Waals surface area contributed by atoms with Crippen molar-refractivity contribution < 1.29 is 9.72 Å². The fourth-order valence-corrected chi connectivity index (χ4v) is 1.26. The molecule has 0 saturated heterocycles. The van der Waals surface area contributed by atoms with Gasteiger partial charge in [0, 0.05) is 6.07 Å². The quantitative estimate of drug-likeness (QED) is 0.414. The number of nitrogens with zero attached hydrogens (tertiary/aromatic N) is 1. The summed E-state index contributed by atoms with van der Waals surface area (Å²) in [5, 5.41) is 10.5. The van der Waals surface area contributed by atoms with E-state index in [1.54, 1.807) is 19.1 Å². The standard InChI is InChI=1S/C9H9NO3.CH4/c1-6-4-3-5-8(10(12)13)9(6)7(2)11;/h3-5H,1-2H3;1H4. The third-order valence-corrected chi connectivity index (χ3v) is 1.80. The molecule has 0 fully saturated rings. The fraction of sp³-hybridized carbons (Fsp3) is 0.300. The molecule has 0 spiro atoms. The van der Waals surface area contributed by atoms with Crippen molar-refractivity contribution >= 4 is 11.5 Å². The maximum Gasteiger partial charge on any atom is 0.280 e. The Balaban J connectivity index is 0.00000169. The molecule has 76 valence electrons. The smallest absolute Gasteiger partial charge is 0.280 e. The summed E-state index contributed by atoms with van der Waals surface area (Å²) in [7, 11) is 0. The number of Topliss-reactive ketones (excluding diaryl/α,β-unsaturated/α-hetero) is 1. The Hall–Kier alpha value is -1.71. The van der Waals surface area contributed by atoms with Crippen molar-refractivity contribution in [3.63, 3.8) is 0 Å². The van der Waals surface area contributed by atoms with Gasteiger partial charge in [0.05, 0.1) is 10.5 Å². The van der Waals surface area contributed by atoms with Crippen molar-refractivity contribution in [1.29, 1.82) is 0 Å². The second-order valence-electron chi connectivity index (χ2n) is 2.78. The molecule has 1 aromatic carbocycles. The molecule has 0 saturated carbocycles. The van der Waals surface area contributed by atoms with Crippen molar-refractivity contribution in [1.82, 2.24) is 0 Å². The van der Waals surface area contributed by atoms with Crippen LogP contribution in [-0.2, 0) is 0 Å². The van der Waals surface area contributed by atoms with Crippen molar-refractivity contribution in [3.8, 4) is 0 Å². The monoisotopic (exact) mass is 195 g/mol. The summed E-state index contributed by atoms with van der Waals surface area (Å²) in [6.07, 6.45) is 0. The van der Waals surface area contributed by atoms with Crippen molar-refractivity contribution in [3.05, 3.63) is 39.4 Å². The number of benzene rings is 1. The Morgan fingerprint density at radius 1 is 1.43 bits per heavy atom. The third kappa shape index (κ3) is 2.16. The van der Waals surface area contributed by atoms with Gasteiger partial charge < -0.3 is 0 Å². The molecule has 4 heteroatoms. The Morgan fingerprint density at radius 2 is 2.00 bits per heavy atom. The number of hydrogen-bond acceptors (Lipinski definition) is 3. The Morgan fingerprint density at radius 3 is 2.36 bits per heavy atom. The van der Waals surface area contributed by atoms with Gasteiger partial charge in [0.25, 0.3) is 5.69 Å². The maximum absolute atomic E-state index is 11.1. The zero-order chi connectivity index (χ0) is 10.0. The van der Waals surface area contributed by atoms with Crippen LogP contribution >= 0.6 is 0 Å². The molecule has 1 rings (SSSR count). The van der Waals surface area contributed by atoms with Gasteiger partial charge in [-0.3, -0.25) is 14.9 Å². The first-order valence-corrected chi connectivity index (χ1v) is 3.79. The lowest BCUT2D eigenvalue weighted by Crippen LogP contribution is -2.02. The van der Waals surface area contributed by atoms with E-state index in [1.165, 1.54) is 13.0 Å². The first kappa shape index (κ1) is 12.3. The van der Waals surface area contributed by atoms with E-state index in [9.17, 15) is 14.9 Å². The average molecular weight is 195 g/mol. The molecule has 0 aromatic heterocycles. The van der Waals surface area contributed by atoms with Gasteiger partial charge in [-0.1, -0.05) is 19.6 Å². The van der Waals surface area contributed by atoms with Crippen LogP contribution in [0.15, 0.2) is 18.2 Å². The predicted molar refractivity (Wildman–Crippen MR) is 54.6 cm³/mol. The van der Waals surface area contributed by atoms with Crippen LogP contribution in [0.4, 0.5) is 5.69 Å². The minimum absolute atomic E-state index is 0.